The molecule has 7 nitrogen and oxygen atoms in total. The van der Waals surface area contributed by atoms with Gasteiger partial charge in [0, 0.05) is 32.7 Å². The molecule has 68 heavy (non-hydrogen) atoms. The molecule has 0 aliphatic rings. The van der Waals surface area contributed by atoms with Crippen molar-refractivity contribution in [3.63, 3.8) is 0 Å². The molecule has 0 aliphatic heterocycles. The Morgan fingerprint density at radius 1 is 0.353 bits per heavy atom. The highest BCUT2D eigenvalue weighted by atomic mass is 19.4. The molecule has 0 amide bonds. The van der Waals surface area contributed by atoms with Gasteiger partial charge in [0.2, 0.25) is 0 Å². The van der Waals surface area contributed by atoms with Gasteiger partial charge in [-0.1, -0.05) is 54.6 Å². The molecule has 2 aromatic heterocycles. The smallest absolute Gasteiger partial charge is 0.307 e. The van der Waals surface area contributed by atoms with Crippen LogP contribution in [0.2, 0.25) is 0 Å². The Labute approximate surface area is 382 Å². The molecule has 2 heterocycles. The third kappa shape index (κ3) is 6.90. The fourth-order valence-corrected chi connectivity index (χ4v) is 9.22. The lowest BCUT2D eigenvalue weighted by Gasteiger charge is -2.23. The zero-order chi connectivity index (χ0) is 47.6. The van der Waals surface area contributed by atoms with E-state index in [9.17, 15) is 52.7 Å². The molecule has 0 aliphatic carbocycles. The Kier molecular flexibility index (Phi) is 9.85. The number of fused-ring (bicyclic) bond motifs is 6. The van der Waals surface area contributed by atoms with Crippen molar-refractivity contribution in [2.24, 2.45) is 0 Å². The molecule has 8 aromatic carbocycles. The summed E-state index contributed by atoms with van der Waals surface area (Å²) in [5, 5.41) is 52.5. The van der Waals surface area contributed by atoms with Gasteiger partial charge in [0.1, 0.15) is 0 Å². The van der Waals surface area contributed by atoms with Gasteiger partial charge in [-0.15, -0.1) is 0 Å². The van der Waals surface area contributed by atoms with E-state index in [1.165, 1.54) is 24.3 Å². The molecule has 0 bridgehead atoms. The third-order valence-electron chi connectivity index (χ3n) is 12.1. The predicted octanol–water partition coefficient (Wildman–Crippen LogP) is 14.3. The zero-order valence-electron chi connectivity index (χ0n) is 34.8. The van der Waals surface area contributed by atoms with Gasteiger partial charge in [0.25, 0.3) is 0 Å². The topological polar surface area (TPSA) is 129 Å². The minimum absolute atomic E-state index is 0.133. The molecule has 10 aromatic rings. The van der Waals surface area contributed by atoms with E-state index >= 15 is 0 Å². The van der Waals surface area contributed by atoms with Gasteiger partial charge in [-0.2, -0.15) is 52.7 Å². The molecule has 0 fully saturated rings. The van der Waals surface area contributed by atoms with Crippen LogP contribution in [0.1, 0.15) is 38.9 Å². The van der Waals surface area contributed by atoms with Gasteiger partial charge in [-0.05, 0) is 119 Å². The second kappa shape index (κ2) is 15.8. The van der Waals surface area contributed by atoms with Gasteiger partial charge in [-0.25, -0.2) is 0 Å². The van der Waals surface area contributed by atoms with Crippen molar-refractivity contribution in [2.45, 2.75) is 12.4 Å². The van der Waals surface area contributed by atoms with E-state index < -0.39 is 40.2 Å². The third-order valence-corrected chi connectivity index (χ3v) is 12.1. The molecule has 0 saturated carbocycles. The highest BCUT2D eigenvalue weighted by Crippen LogP contribution is 2.48. The van der Waals surface area contributed by atoms with Crippen molar-refractivity contribution in [2.75, 3.05) is 0 Å². The first kappa shape index (κ1) is 42.3. The van der Waals surface area contributed by atoms with Crippen molar-refractivity contribution in [3.8, 4) is 75.1 Å². The first-order valence-corrected chi connectivity index (χ1v) is 20.6. The summed E-state index contributed by atoms with van der Waals surface area (Å²) in [5.41, 5.74) is 0.649. The van der Waals surface area contributed by atoms with Gasteiger partial charge < -0.3 is 9.13 Å². The summed E-state index contributed by atoms with van der Waals surface area (Å²) in [6, 6.07) is 49.4. The standard InChI is InChI=1S/C55H25F6N7/c56-54(57,58)45-8-5-9-46(55(59,60)61)53(45)42-25-52(68-48-11-4-2-7-41(48)44-23-36(13-15-50(44)68)38-20-33(28-64)17-34(21-38)29-65)51(24-39(42)30-66)67-47-10-3-1-6-40(47)43-22-35(12-14-49(43)67)37-18-31(26-62)16-32(19-37)27-63/h1-25H. The van der Waals surface area contributed by atoms with Crippen LogP contribution in [0.5, 0.6) is 0 Å². The number of para-hydroxylation sites is 2. The normalized spacial score (nSPS) is 11.6. The Balaban J connectivity index is 1.34. The average molecular weight is 898 g/mol. The minimum atomic E-state index is -5.26. The number of halogens is 6. The summed E-state index contributed by atoms with van der Waals surface area (Å²) in [6.07, 6.45) is -10.5. The minimum Gasteiger partial charge on any atom is -0.307 e. The molecule has 0 radical (unpaired) electrons. The molecule has 13 heteroatoms. The maximum absolute atomic E-state index is 15.0. The number of hydrogen-bond donors (Lipinski definition) is 0. The Bertz CT molecular complexity index is 3930. The summed E-state index contributed by atoms with van der Waals surface area (Å²) in [6.45, 7) is 0. The lowest BCUT2D eigenvalue weighted by Crippen LogP contribution is -2.15. The molecule has 0 atom stereocenters. The van der Waals surface area contributed by atoms with Crippen LogP contribution in [-0.4, -0.2) is 9.13 Å². The monoisotopic (exact) mass is 897 g/mol. The van der Waals surface area contributed by atoms with Crippen LogP contribution in [0.3, 0.4) is 0 Å². The SMILES string of the molecule is N#Cc1cc(C#N)cc(-c2ccc3c(c2)c2ccccc2n3-c2cc(C#N)c(-c3c(C(F)(F)F)cccc3C(F)(F)F)cc2-n2c3ccccc3c3cc(-c4cc(C#N)cc(C#N)c4)ccc32)c1. The van der Waals surface area contributed by atoms with Crippen LogP contribution >= 0.6 is 0 Å². The first-order valence-electron chi connectivity index (χ1n) is 20.6. The second-order valence-electron chi connectivity index (χ2n) is 15.9. The summed E-state index contributed by atoms with van der Waals surface area (Å²) in [5.74, 6) is 0. The van der Waals surface area contributed by atoms with Gasteiger partial charge >= 0.3 is 12.4 Å². The fraction of sp³-hybridized carbons (Fsp3) is 0.0364. The maximum atomic E-state index is 15.0. The average Bonchev–Trinajstić information content (AvgIpc) is 3.86. The van der Waals surface area contributed by atoms with Crippen molar-refractivity contribution < 1.29 is 26.3 Å². The van der Waals surface area contributed by atoms with E-state index in [4.69, 9.17) is 0 Å². The highest BCUT2D eigenvalue weighted by Gasteiger charge is 2.42. The summed E-state index contributed by atoms with van der Waals surface area (Å²) in [7, 11) is 0. The van der Waals surface area contributed by atoms with E-state index in [-0.39, 0.29) is 33.6 Å². The lowest BCUT2D eigenvalue weighted by molar-refractivity contribution is -0.142. The highest BCUT2D eigenvalue weighted by molar-refractivity contribution is 6.13. The second-order valence-corrected chi connectivity index (χ2v) is 15.9. The number of hydrogen-bond acceptors (Lipinski definition) is 5. The van der Waals surface area contributed by atoms with Crippen LogP contribution in [0, 0.1) is 56.7 Å². The van der Waals surface area contributed by atoms with Crippen molar-refractivity contribution >= 4 is 43.6 Å². The number of alkyl halides is 6. The number of benzene rings is 8. The van der Waals surface area contributed by atoms with Crippen molar-refractivity contribution in [1.29, 1.82) is 26.3 Å². The van der Waals surface area contributed by atoms with Crippen molar-refractivity contribution in [1.82, 2.24) is 9.13 Å². The van der Waals surface area contributed by atoms with E-state index in [2.05, 4.69) is 24.3 Å². The number of aromatic nitrogens is 2. The van der Waals surface area contributed by atoms with Gasteiger partial charge in [0.05, 0.1) is 103 Å². The first-order chi connectivity index (χ1) is 32.7. The Hall–Kier alpha value is -9.61. The predicted molar refractivity (Wildman–Crippen MR) is 245 cm³/mol. The summed E-state index contributed by atoms with van der Waals surface area (Å²) < 4.78 is 93.4. The van der Waals surface area contributed by atoms with E-state index in [0.717, 1.165) is 0 Å². The summed E-state index contributed by atoms with van der Waals surface area (Å²) >= 11 is 0. The van der Waals surface area contributed by atoms with Crippen LogP contribution in [0.4, 0.5) is 26.3 Å². The lowest BCUT2D eigenvalue weighted by atomic mass is 9.89. The number of nitrogens with zero attached hydrogens (tertiary/aromatic N) is 7. The van der Waals surface area contributed by atoms with Gasteiger partial charge in [0.15, 0.2) is 0 Å². The fourth-order valence-electron chi connectivity index (χ4n) is 9.22. The molecular formula is C55H25F6N7. The zero-order valence-corrected chi connectivity index (χ0v) is 34.8. The Morgan fingerprint density at radius 2 is 0.750 bits per heavy atom. The quantitative estimate of drug-likeness (QED) is 0.159. The van der Waals surface area contributed by atoms with Crippen LogP contribution in [-0.2, 0) is 12.4 Å². The van der Waals surface area contributed by atoms with E-state index in [0.29, 0.717) is 84.1 Å². The molecule has 322 valence electrons. The molecule has 0 saturated heterocycles. The van der Waals surface area contributed by atoms with Crippen LogP contribution < -0.4 is 0 Å². The van der Waals surface area contributed by atoms with Crippen molar-refractivity contribution in [3.05, 3.63) is 191 Å². The van der Waals surface area contributed by atoms with E-state index in [1.807, 2.05) is 47.0 Å². The Morgan fingerprint density at radius 3 is 1.15 bits per heavy atom. The molecule has 0 N–H and O–H groups in total. The summed E-state index contributed by atoms with van der Waals surface area (Å²) in [4.78, 5) is 0. The molecule has 10 rings (SSSR count). The molecule has 0 spiro atoms. The molecule has 0 unspecified atom stereocenters. The van der Waals surface area contributed by atoms with Crippen LogP contribution in [0.15, 0.2) is 152 Å². The van der Waals surface area contributed by atoms with Gasteiger partial charge in [-0.3, -0.25) is 0 Å². The number of nitriles is 5. The van der Waals surface area contributed by atoms with E-state index in [1.54, 1.807) is 77.4 Å². The largest absolute Gasteiger partial charge is 0.417 e. The molecular weight excluding hydrogens is 873 g/mol. The maximum Gasteiger partial charge on any atom is 0.417 e. The van der Waals surface area contributed by atoms with Crippen LogP contribution in [0.25, 0.3) is 88.4 Å². The number of rotatable bonds is 5.